The topological polar surface area (TPSA) is 47.5 Å². The second-order valence-corrected chi connectivity index (χ2v) is 7.85. The molecule has 0 aliphatic rings. The van der Waals surface area contributed by atoms with Crippen LogP contribution < -0.4 is 0 Å². The highest BCUT2D eigenvalue weighted by molar-refractivity contribution is 9.10. The van der Waals surface area contributed by atoms with Crippen molar-refractivity contribution in [1.29, 1.82) is 0 Å². The molecule has 0 radical (unpaired) electrons. The Labute approximate surface area is 170 Å². The molecule has 0 N–H and O–H groups in total. The van der Waals surface area contributed by atoms with Crippen LogP contribution in [0.3, 0.4) is 0 Å². The fourth-order valence-corrected chi connectivity index (χ4v) is 3.93. The fraction of sp³-hybridized carbons (Fsp3) is 0.136. The number of pyridine rings is 1. The van der Waals surface area contributed by atoms with Gasteiger partial charge in [-0.3, -0.25) is 4.40 Å². The summed E-state index contributed by atoms with van der Waals surface area (Å²) in [7, 11) is 0. The molecular weight excluding hydrogens is 414 g/mol. The van der Waals surface area contributed by atoms with Crippen molar-refractivity contribution in [3.63, 3.8) is 0 Å². The van der Waals surface area contributed by atoms with Crippen molar-refractivity contribution in [2.24, 2.45) is 0 Å². The minimum absolute atomic E-state index is 0.133. The summed E-state index contributed by atoms with van der Waals surface area (Å²) < 4.78 is 4.94. The molecule has 1 atom stereocenters. The van der Waals surface area contributed by atoms with Crippen molar-refractivity contribution >= 4 is 27.2 Å². The summed E-state index contributed by atoms with van der Waals surface area (Å²) in [4.78, 5) is 8.93. The van der Waals surface area contributed by atoms with Crippen molar-refractivity contribution in [2.75, 3.05) is 0 Å². The molecular formula is C22H18BrN5. The second kappa shape index (κ2) is 6.56. The lowest BCUT2D eigenvalue weighted by atomic mass is 10.0. The summed E-state index contributed by atoms with van der Waals surface area (Å²) in [6.45, 7) is 4.27. The Morgan fingerprint density at radius 2 is 1.79 bits per heavy atom. The van der Waals surface area contributed by atoms with Gasteiger partial charge >= 0.3 is 0 Å². The molecule has 5 nitrogen and oxygen atoms in total. The number of fused-ring (bicyclic) bond motifs is 2. The zero-order chi connectivity index (χ0) is 19.3. The van der Waals surface area contributed by atoms with Gasteiger partial charge in [0.2, 0.25) is 0 Å². The molecule has 1 unspecified atom stereocenters. The van der Waals surface area contributed by atoms with Crippen LogP contribution in [-0.2, 0) is 0 Å². The first-order valence-corrected chi connectivity index (χ1v) is 9.94. The molecule has 5 aromatic rings. The van der Waals surface area contributed by atoms with Crippen molar-refractivity contribution < 1.29 is 0 Å². The van der Waals surface area contributed by atoms with Crippen LogP contribution in [0.15, 0.2) is 71.7 Å². The van der Waals surface area contributed by atoms with Gasteiger partial charge in [0.05, 0.1) is 23.8 Å². The van der Waals surface area contributed by atoms with Gasteiger partial charge in [0, 0.05) is 17.7 Å². The summed E-state index contributed by atoms with van der Waals surface area (Å²) in [5, 5.41) is 4.89. The molecule has 138 valence electrons. The average molecular weight is 432 g/mol. The van der Waals surface area contributed by atoms with Gasteiger partial charge in [0.25, 0.3) is 0 Å². The molecule has 5 rings (SSSR count). The quantitative estimate of drug-likeness (QED) is 0.391. The van der Waals surface area contributed by atoms with Gasteiger partial charge in [0.1, 0.15) is 10.3 Å². The lowest BCUT2D eigenvalue weighted by molar-refractivity contribution is 0.787. The van der Waals surface area contributed by atoms with E-state index in [0.717, 1.165) is 32.8 Å². The predicted octanol–water partition coefficient (Wildman–Crippen LogP) is 5.27. The molecule has 0 spiro atoms. The maximum Gasteiger partial charge on any atom is 0.153 e. The van der Waals surface area contributed by atoms with Crippen molar-refractivity contribution in [1.82, 2.24) is 24.0 Å². The van der Waals surface area contributed by atoms with Gasteiger partial charge in [-0.15, -0.1) is 0 Å². The predicted molar refractivity (Wildman–Crippen MR) is 114 cm³/mol. The van der Waals surface area contributed by atoms with E-state index in [9.17, 15) is 0 Å². The van der Waals surface area contributed by atoms with Crippen LogP contribution in [0.25, 0.3) is 22.6 Å². The minimum atomic E-state index is 0.133. The van der Waals surface area contributed by atoms with Gasteiger partial charge < -0.3 is 0 Å². The van der Waals surface area contributed by atoms with Crippen LogP contribution in [-0.4, -0.2) is 24.0 Å². The summed E-state index contributed by atoms with van der Waals surface area (Å²) in [5.74, 6) is 0.133. The Morgan fingerprint density at radius 1 is 0.964 bits per heavy atom. The standard InChI is InChI=1S/C22H18BrN5/c1-14-4-3-5-16(10-14)18-7-9-22-24-11-19(28(22)26-18)15(2)17-6-8-21-25-12-20(23)27(21)13-17/h3-13,15H,1-2H3. The first-order chi connectivity index (χ1) is 13.6. The zero-order valence-corrected chi connectivity index (χ0v) is 17.1. The maximum absolute atomic E-state index is 4.89. The molecule has 4 heterocycles. The van der Waals surface area contributed by atoms with Crippen LogP contribution in [0, 0.1) is 6.92 Å². The Balaban J connectivity index is 1.61. The third-order valence-corrected chi connectivity index (χ3v) is 5.72. The molecule has 0 fully saturated rings. The van der Waals surface area contributed by atoms with E-state index in [-0.39, 0.29) is 5.92 Å². The van der Waals surface area contributed by atoms with E-state index in [2.05, 4.69) is 76.3 Å². The normalized spacial score (nSPS) is 12.7. The summed E-state index contributed by atoms with van der Waals surface area (Å²) in [5.41, 5.74) is 7.27. The van der Waals surface area contributed by atoms with E-state index in [0.29, 0.717) is 0 Å². The summed E-state index contributed by atoms with van der Waals surface area (Å²) in [6, 6.07) is 16.6. The van der Waals surface area contributed by atoms with Gasteiger partial charge in [-0.05, 0) is 52.7 Å². The molecule has 0 bridgehead atoms. The first kappa shape index (κ1) is 17.1. The molecule has 0 saturated heterocycles. The van der Waals surface area contributed by atoms with Crippen LogP contribution in [0.1, 0.15) is 29.7 Å². The lowest BCUT2D eigenvalue weighted by Gasteiger charge is -2.13. The number of hydrogen-bond donors (Lipinski definition) is 0. The monoisotopic (exact) mass is 431 g/mol. The van der Waals surface area contributed by atoms with E-state index in [1.54, 1.807) is 0 Å². The molecule has 6 heteroatoms. The van der Waals surface area contributed by atoms with Crippen molar-refractivity contribution in [3.8, 4) is 11.3 Å². The SMILES string of the molecule is Cc1cccc(-c2ccc3ncc(C(C)c4ccc5ncc(Br)n5c4)n3n2)c1. The number of benzene rings is 1. The lowest BCUT2D eigenvalue weighted by Crippen LogP contribution is -2.05. The maximum atomic E-state index is 4.89. The number of halogens is 1. The molecule has 4 aromatic heterocycles. The number of hydrogen-bond acceptors (Lipinski definition) is 3. The average Bonchev–Trinajstić information content (AvgIpc) is 3.30. The minimum Gasteiger partial charge on any atom is -0.294 e. The Bertz CT molecular complexity index is 1320. The van der Waals surface area contributed by atoms with Gasteiger partial charge in [-0.25, -0.2) is 14.5 Å². The van der Waals surface area contributed by atoms with Crippen LogP contribution in [0.5, 0.6) is 0 Å². The molecule has 0 aliphatic heterocycles. The number of rotatable bonds is 3. The summed E-state index contributed by atoms with van der Waals surface area (Å²) in [6.07, 6.45) is 5.84. The fourth-order valence-electron chi connectivity index (χ4n) is 3.54. The van der Waals surface area contributed by atoms with Crippen molar-refractivity contribution in [3.05, 3.63) is 88.5 Å². The van der Waals surface area contributed by atoms with Crippen LogP contribution in [0.2, 0.25) is 0 Å². The molecule has 0 amide bonds. The zero-order valence-electron chi connectivity index (χ0n) is 15.5. The van der Waals surface area contributed by atoms with Crippen LogP contribution >= 0.6 is 15.9 Å². The number of aryl methyl sites for hydroxylation is 1. The largest absolute Gasteiger partial charge is 0.294 e. The van der Waals surface area contributed by atoms with Gasteiger partial charge in [0.15, 0.2) is 5.65 Å². The van der Waals surface area contributed by atoms with Gasteiger partial charge in [-0.1, -0.05) is 36.8 Å². The smallest absolute Gasteiger partial charge is 0.153 e. The summed E-state index contributed by atoms with van der Waals surface area (Å²) >= 11 is 3.55. The number of imidazole rings is 2. The highest BCUT2D eigenvalue weighted by atomic mass is 79.9. The van der Waals surface area contributed by atoms with Crippen molar-refractivity contribution in [2.45, 2.75) is 19.8 Å². The highest BCUT2D eigenvalue weighted by Crippen LogP contribution is 2.27. The van der Waals surface area contributed by atoms with E-state index >= 15 is 0 Å². The molecule has 0 saturated carbocycles. The van der Waals surface area contributed by atoms with E-state index in [4.69, 9.17) is 5.10 Å². The first-order valence-electron chi connectivity index (χ1n) is 9.14. The number of nitrogens with zero attached hydrogens (tertiary/aromatic N) is 5. The Morgan fingerprint density at radius 3 is 2.64 bits per heavy atom. The third-order valence-electron chi connectivity index (χ3n) is 5.13. The number of aromatic nitrogens is 5. The molecule has 1 aromatic carbocycles. The molecule has 28 heavy (non-hydrogen) atoms. The van der Waals surface area contributed by atoms with Crippen LogP contribution in [0.4, 0.5) is 0 Å². The third kappa shape index (κ3) is 2.81. The second-order valence-electron chi connectivity index (χ2n) is 7.03. The Hall–Kier alpha value is -2.99. The molecule has 0 aliphatic carbocycles. The van der Waals surface area contributed by atoms with E-state index < -0.39 is 0 Å². The van der Waals surface area contributed by atoms with E-state index in [1.165, 1.54) is 11.1 Å². The Kier molecular flexibility index (Phi) is 4.02. The highest BCUT2D eigenvalue weighted by Gasteiger charge is 2.16. The van der Waals surface area contributed by atoms with Gasteiger partial charge in [-0.2, -0.15) is 5.10 Å². The van der Waals surface area contributed by atoms with E-state index in [1.807, 2.05) is 39.5 Å².